The highest BCUT2D eigenvalue weighted by Gasteiger charge is 2.46. The Bertz CT molecular complexity index is 949. The van der Waals surface area contributed by atoms with E-state index in [2.05, 4.69) is 33.0 Å². The van der Waals surface area contributed by atoms with Gasteiger partial charge in [-0.1, -0.05) is 19.1 Å². The summed E-state index contributed by atoms with van der Waals surface area (Å²) in [6, 6.07) is 12.2. The molecule has 3 aliphatic rings. The maximum atomic E-state index is 13.6. The number of nitrogens with one attached hydrogen (secondary N) is 3. The van der Waals surface area contributed by atoms with E-state index in [9.17, 15) is 4.79 Å². The highest BCUT2D eigenvalue weighted by Crippen LogP contribution is 2.37. The standard InChI is InChI=1S/C24H32N6O/c1-15-11-12-18-17(14-15)23(29-28-18)24(31)30-13-5-8-20(30)19-7-4-10-22(26-19)27-21-9-3-6-16(2)25-21/h3-4,6-7,9-10,15,17-18,20,23,28-29H,5,8,11-14H2,1-2H3,(H,25,26,27). The van der Waals surface area contributed by atoms with Crippen molar-refractivity contribution in [3.8, 4) is 0 Å². The van der Waals surface area contributed by atoms with E-state index >= 15 is 0 Å². The van der Waals surface area contributed by atoms with Crippen LogP contribution in [-0.2, 0) is 4.79 Å². The maximum absolute atomic E-state index is 13.6. The molecule has 1 saturated carbocycles. The lowest BCUT2D eigenvalue weighted by Gasteiger charge is -2.33. The number of pyridine rings is 2. The third kappa shape index (κ3) is 4.16. The summed E-state index contributed by atoms with van der Waals surface area (Å²) in [5.74, 6) is 2.83. The van der Waals surface area contributed by atoms with Gasteiger partial charge in [-0.05, 0) is 69.2 Å². The van der Waals surface area contributed by atoms with Crippen molar-refractivity contribution in [2.75, 3.05) is 11.9 Å². The van der Waals surface area contributed by atoms with Gasteiger partial charge in [-0.25, -0.2) is 15.4 Å². The van der Waals surface area contributed by atoms with E-state index in [0.29, 0.717) is 17.9 Å². The van der Waals surface area contributed by atoms with Crippen LogP contribution in [0.1, 0.15) is 56.5 Å². The molecule has 7 heteroatoms. The van der Waals surface area contributed by atoms with Gasteiger partial charge in [-0.3, -0.25) is 10.2 Å². The van der Waals surface area contributed by atoms with E-state index in [0.717, 1.165) is 55.3 Å². The van der Waals surface area contributed by atoms with Crippen LogP contribution in [0.2, 0.25) is 0 Å². The van der Waals surface area contributed by atoms with Crippen molar-refractivity contribution in [2.24, 2.45) is 11.8 Å². The second kappa shape index (κ2) is 8.55. The first-order valence-corrected chi connectivity index (χ1v) is 11.6. The molecule has 4 heterocycles. The number of carbonyl (C=O) groups excluding carboxylic acids is 1. The first-order chi connectivity index (χ1) is 15.1. The number of amides is 1. The van der Waals surface area contributed by atoms with E-state index in [1.807, 2.05) is 43.3 Å². The minimum Gasteiger partial charge on any atom is -0.333 e. The molecule has 5 unspecified atom stereocenters. The molecule has 0 radical (unpaired) electrons. The summed E-state index contributed by atoms with van der Waals surface area (Å²) in [7, 11) is 0. The smallest absolute Gasteiger partial charge is 0.241 e. The third-order valence-corrected chi connectivity index (χ3v) is 7.07. The van der Waals surface area contributed by atoms with Gasteiger partial charge in [0.25, 0.3) is 0 Å². The fourth-order valence-electron chi connectivity index (χ4n) is 5.49. The summed E-state index contributed by atoms with van der Waals surface area (Å²) in [4.78, 5) is 25.0. The minimum absolute atomic E-state index is 0.0292. The lowest BCUT2D eigenvalue weighted by Crippen LogP contribution is -2.48. The van der Waals surface area contributed by atoms with Gasteiger partial charge in [0.15, 0.2) is 0 Å². The van der Waals surface area contributed by atoms with Gasteiger partial charge in [0, 0.05) is 24.2 Å². The molecule has 1 amide bonds. The topological polar surface area (TPSA) is 82.2 Å². The minimum atomic E-state index is -0.133. The Kier molecular flexibility index (Phi) is 5.63. The molecule has 0 aromatic carbocycles. The Morgan fingerprint density at radius 3 is 2.71 bits per heavy atom. The van der Waals surface area contributed by atoms with Crippen molar-refractivity contribution in [1.29, 1.82) is 0 Å². The summed E-state index contributed by atoms with van der Waals surface area (Å²) >= 11 is 0. The van der Waals surface area contributed by atoms with Gasteiger partial charge in [-0.15, -0.1) is 0 Å². The number of anilines is 2. The number of hydrogen-bond acceptors (Lipinski definition) is 6. The quantitative estimate of drug-likeness (QED) is 0.703. The van der Waals surface area contributed by atoms with Crippen molar-refractivity contribution in [3.05, 3.63) is 47.8 Å². The van der Waals surface area contributed by atoms with Crippen LogP contribution in [0.15, 0.2) is 36.4 Å². The average Bonchev–Trinajstić information content (AvgIpc) is 3.41. The van der Waals surface area contributed by atoms with E-state index < -0.39 is 0 Å². The van der Waals surface area contributed by atoms with E-state index in [1.54, 1.807) is 0 Å². The van der Waals surface area contributed by atoms with Gasteiger partial charge in [0.1, 0.15) is 17.7 Å². The number of hydrogen-bond donors (Lipinski definition) is 3. The molecule has 3 fully saturated rings. The van der Waals surface area contributed by atoms with Crippen molar-refractivity contribution >= 4 is 17.5 Å². The Hall–Kier alpha value is -2.51. The third-order valence-electron chi connectivity index (χ3n) is 7.07. The summed E-state index contributed by atoms with van der Waals surface area (Å²) in [5, 5.41) is 3.30. The molecule has 5 rings (SSSR count). The zero-order valence-corrected chi connectivity index (χ0v) is 18.3. The van der Waals surface area contributed by atoms with Crippen LogP contribution in [0.4, 0.5) is 11.6 Å². The Morgan fingerprint density at radius 1 is 1.06 bits per heavy atom. The summed E-state index contributed by atoms with van der Waals surface area (Å²) in [5.41, 5.74) is 8.64. The van der Waals surface area contributed by atoms with Crippen molar-refractivity contribution in [1.82, 2.24) is 25.7 Å². The van der Waals surface area contributed by atoms with Gasteiger partial charge in [-0.2, -0.15) is 0 Å². The van der Waals surface area contributed by atoms with Crippen LogP contribution >= 0.6 is 0 Å². The van der Waals surface area contributed by atoms with Crippen molar-refractivity contribution in [2.45, 2.75) is 64.1 Å². The fourth-order valence-corrected chi connectivity index (χ4v) is 5.49. The van der Waals surface area contributed by atoms with Crippen LogP contribution in [0.3, 0.4) is 0 Å². The zero-order valence-electron chi connectivity index (χ0n) is 18.3. The average molecular weight is 421 g/mol. The monoisotopic (exact) mass is 420 g/mol. The first-order valence-electron chi connectivity index (χ1n) is 11.6. The highest BCUT2D eigenvalue weighted by atomic mass is 16.2. The van der Waals surface area contributed by atoms with Crippen LogP contribution in [0.5, 0.6) is 0 Å². The molecule has 1 aliphatic carbocycles. The predicted molar refractivity (Wildman–Crippen MR) is 121 cm³/mol. The van der Waals surface area contributed by atoms with Gasteiger partial charge < -0.3 is 10.2 Å². The molecule has 0 spiro atoms. The number of rotatable bonds is 4. The normalized spacial score (nSPS) is 30.3. The van der Waals surface area contributed by atoms with Crippen molar-refractivity contribution in [3.63, 3.8) is 0 Å². The fraction of sp³-hybridized carbons (Fsp3) is 0.542. The molecule has 31 heavy (non-hydrogen) atoms. The van der Waals surface area contributed by atoms with E-state index in [-0.39, 0.29) is 18.0 Å². The maximum Gasteiger partial charge on any atom is 0.241 e. The molecule has 2 saturated heterocycles. The largest absolute Gasteiger partial charge is 0.333 e. The first kappa shape index (κ1) is 20.4. The lowest BCUT2D eigenvalue weighted by molar-refractivity contribution is -0.135. The Morgan fingerprint density at radius 2 is 1.87 bits per heavy atom. The summed E-state index contributed by atoms with van der Waals surface area (Å²) in [6.45, 7) is 5.08. The van der Waals surface area contributed by atoms with Crippen LogP contribution in [0.25, 0.3) is 0 Å². The second-order valence-corrected chi connectivity index (χ2v) is 9.38. The Labute approximate surface area is 184 Å². The second-order valence-electron chi connectivity index (χ2n) is 9.38. The molecular formula is C24H32N6O. The molecule has 2 aromatic heterocycles. The lowest BCUT2D eigenvalue weighted by atomic mass is 9.76. The summed E-state index contributed by atoms with van der Waals surface area (Å²) < 4.78 is 0. The highest BCUT2D eigenvalue weighted by molar-refractivity contribution is 5.83. The summed E-state index contributed by atoms with van der Waals surface area (Å²) in [6.07, 6.45) is 5.47. The SMILES string of the molecule is Cc1cccc(Nc2cccc(C3CCCN3C(=O)C3NNC4CCC(C)CC43)n2)n1. The Balaban J connectivity index is 1.33. The molecule has 0 bridgehead atoms. The van der Waals surface area contributed by atoms with Crippen molar-refractivity contribution < 1.29 is 4.79 Å². The molecule has 2 aromatic rings. The number of carbonyl (C=O) groups is 1. The van der Waals surface area contributed by atoms with E-state index in [4.69, 9.17) is 4.98 Å². The number of nitrogens with zero attached hydrogens (tertiary/aromatic N) is 3. The molecular weight excluding hydrogens is 388 g/mol. The number of likely N-dealkylation sites (tertiary alicyclic amines) is 1. The molecule has 164 valence electrons. The molecule has 2 aliphatic heterocycles. The zero-order chi connectivity index (χ0) is 21.4. The number of hydrazine groups is 1. The molecule has 7 nitrogen and oxygen atoms in total. The van der Waals surface area contributed by atoms with Gasteiger partial charge in [0.2, 0.25) is 5.91 Å². The van der Waals surface area contributed by atoms with Crippen LogP contribution < -0.4 is 16.2 Å². The van der Waals surface area contributed by atoms with Crippen LogP contribution in [-0.4, -0.2) is 39.4 Å². The van der Waals surface area contributed by atoms with Crippen LogP contribution in [0, 0.1) is 18.8 Å². The van der Waals surface area contributed by atoms with E-state index in [1.165, 1.54) is 6.42 Å². The van der Waals surface area contributed by atoms with Gasteiger partial charge in [0.05, 0.1) is 11.7 Å². The number of aromatic nitrogens is 2. The predicted octanol–water partition coefficient (Wildman–Crippen LogP) is 3.47. The molecule has 5 atom stereocenters. The number of fused-ring (bicyclic) bond motifs is 1. The van der Waals surface area contributed by atoms with Gasteiger partial charge >= 0.3 is 0 Å². The molecule has 3 N–H and O–H groups in total. The number of aryl methyl sites for hydroxylation is 1.